The minimum atomic E-state index is -0.476. The van der Waals surface area contributed by atoms with E-state index >= 15 is 0 Å². The molecule has 0 radical (unpaired) electrons. The molecule has 1 N–H and O–H groups in total. The van der Waals surface area contributed by atoms with Crippen LogP contribution in [0.5, 0.6) is 0 Å². The molecule has 0 aromatic carbocycles. The zero-order valence-corrected chi connectivity index (χ0v) is 14.3. The monoisotopic (exact) mass is 329 g/mol. The fraction of sp³-hybridized carbons (Fsp3) is 0.529. The lowest BCUT2D eigenvalue weighted by Gasteiger charge is -2.33. The molecule has 3 heterocycles. The highest BCUT2D eigenvalue weighted by Crippen LogP contribution is 2.24. The highest BCUT2D eigenvalue weighted by molar-refractivity contribution is 5.85. The van der Waals surface area contributed by atoms with Gasteiger partial charge >= 0.3 is 6.09 Å². The molecular weight excluding hydrogens is 306 g/mol. The van der Waals surface area contributed by atoms with Crippen molar-refractivity contribution in [3.05, 3.63) is 24.7 Å². The lowest BCUT2D eigenvalue weighted by molar-refractivity contribution is 0.0497. The number of pyridine rings is 1. The van der Waals surface area contributed by atoms with Crippen molar-refractivity contribution in [1.29, 1.82) is 0 Å². The molecule has 1 amide bonds. The van der Waals surface area contributed by atoms with Crippen molar-refractivity contribution < 1.29 is 9.53 Å². The average molecular weight is 329 g/mol. The molecule has 128 valence electrons. The number of carbonyl (C=O) groups is 1. The second-order valence-corrected chi connectivity index (χ2v) is 6.97. The van der Waals surface area contributed by atoms with Crippen LogP contribution in [-0.4, -0.2) is 45.8 Å². The maximum absolute atomic E-state index is 11.9. The maximum atomic E-state index is 11.9. The highest BCUT2D eigenvalue weighted by atomic mass is 16.6. The number of fused-ring (bicyclic) bond motifs is 1. The van der Waals surface area contributed by atoms with Crippen LogP contribution in [0.3, 0.4) is 0 Å². The molecule has 7 heteroatoms. The summed E-state index contributed by atoms with van der Waals surface area (Å²) in [5, 5.41) is 2.95. The first-order valence-electron chi connectivity index (χ1n) is 8.22. The van der Waals surface area contributed by atoms with Gasteiger partial charge < -0.3 is 15.0 Å². The quantitative estimate of drug-likeness (QED) is 0.912. The summed E-state index contributed by atoms with van der Waals surface area (Å²) in [6, 6.07) is 1.99. The zero-order valence-electron chi connectivity index (χ0n) is 14.3. The standard InChI is InChI=1S/C17H23N5O2/c1-17(2,3)24-16(23)21-12-5-10-22(11-6-12)15-14-13(4-7-20-15)18-8-9-19-14/h4,7-9,12H,5-6,10-11H2,1-3H3,(H,21,23). The van der Waals surface area contributed by atoms with E-state index in [1.54, 1.807) is 18.6 Å². The fourth-order valence-electron chi connectivity index (χ4n) is 2.82. The molecule has 1 saturated heterocycles. The number of aromatic nitrogens is 3. The molecule has 0 spiro atoms. The van der Waals surface area contributed by atoms with Gasteiger partial charge in [0.15, 0.2) is 5.82 Å². The molecule has 0 aliphatic carbocycles. The van der Waals surface area contributed by atoms with Gasteiger partial charge in [-0.05, 0) is 39.7 Å². The first-order chi connectivity index (χ1) is 11.4. The van der Waals surface area contributed by atoms with E-state index in [1.807, 2.05) is 26.8 Å². The van der Waals surface area contributed by atoms with E-state index in [0.717, 1.165) is 42.8 Å². The number of hydrogen-bond acceptors (Lipinski definition) is 6. The number of piperidine rings is 1. The Labute approximate surface area is 141 Å². The number of nitrogens with one attached hydrogen (secondary N) is 1. The van der Waals surface area contributed by atoms with Crippen molar-refractivity contribution >= 4 is 22.9 Å². The number of nitrogens with zero attached hydrogens (tertiary/aromatic N) is 4. The number of ether oxygens (including phenoxy) is 1. The third-order valence-electron chi connectivity index (χ3n) is 3.88. The zero-order chi connectivity index (χ0) is 17.2. The van der Waals surface area contributed by atoms with Gasteiger partial charge in [0, 0.05) is 37.7 Å². The van der Waals surface area contributed by atoms with Crippen LogP contribution in [0.1, 0.15) is 33.6 Å². The predicted molar refractivity (Wildman–Crippen MR) is 91.9 cm³/mol. The van der Waals surface area contributed by atoms with Gasteiger partial charge in [0.2, 0.25) is 0 Å². The molecule has 24 heavy (non-hydrogen) atoms. The third-order valence-corrected chi connectivity index (χ3v) is 3.88. The van der Waals surface area contributed by atoms with Crippen LogP contribution in [0, 0.1) is 0 Å². The van der Waals surface area contributed by atoms with Crippen molar-refractivity contribution in [1.82, 2.24) is 20.3 Å². The van der Waals surface area contributed by atoms with E-state index in [-0.39, 0.29) is 12.1 Å². The first kappa shape index (κ1) is 16.4. The molecule has 0 saturated carbocycles. The molecule has 2 aromatic heterocycles. The van der Waals surface area contributed by atoms with Gasteiger partial charge in [-0.2, -0.15) is 0 Å². The molecule has 0 unspecified atom stereocenters. The summed E-state index contributed by atoms with van der Waals surface area (Å²) in [4.78, 5) is 27.3. The summed E-state index contributed by atoms with van der Waals surface area (Å²) >= 11 is 0. The molecule has 1 aliphatic heterocycles. The van der Waals surface area contributed by atoms with Crippen LogP contribution >= 0.6 is 0 Å². The normalized spacial score (nSPS) is 16.2. The lowest BCUT2D eigenvalue weighted by Crippen LogP contribution is -2.46. The van der Waals surface area contributed by atoms with E-state index in [0.29, 0.717) is 0 Å². The predicted octanol–water partition coefficient (Wildman–Crippen LogP) is 2.52. The number of rotatable bonds is 2. The largest absolute Gasteiger partial charge is 0.444 e. The van der Waals surface area contributed by atoms with Crippen LogP contribution in [0.15, 0.2) is 24.7 Å². The van der Waals surface area contributed by atoms with Crippen molar-refractivity contribution in [2.45, 2.75) is 45.3 Å². The Balaban J connectivity index is 1.62. The number of hydrogen-bond donors (Lipinski definition) is 1. The van der Waals surface area contributed by atoms with Crippen LogP contribution in [0.2, 0.25) is 0 Å². The molecule has 0 bridgehead atoms. The Morgan fingerprint density at radius 1 is 1.17 bits per heavy atom. The number of alkyl carbamates (subject to hydrolysis) is 1. The van der Waals surface area contributed by atoms with Crippen molar-refractivity contribution in [3.63, 3.8) is 0 Å². The minimum absolute atomic E-state index is 0.122. The summed E-state index contributed by atoms with van der Waals surface area (Å²) in [5.74, 6) is 0.858. The maximum Gasteiger partial charge on any atom is 0.407 e. The van der Waals surface area contributed by atoms with Crippen molar-refractivity contribution in [2.75, 3.05) is 18.0 Å². The molecular formula is C17H23N5O2. The second kappa shape index (κ2) is 6.59. The SMILES string of the molecule is CC(C)(C)OC(=O)NC1CCN(c2nccc3nccnc23)CC1. The minimum Gasteiger partial charge on any atom is -0.444 e. The summed E-state index contributed by atoms with van der Waals surface area (Å²) in [5.41, 5.74) is 1.19. The van der Waals surface area contributed by atoms with E-state index in [9.17, 15) is 4.79 Å². The van der Waals surface area contributed by atoms with Gasteiger partial charge in [0.25, 0.3) is 0 Å². The Hall–Kier alpha value is -2.44. The summed E-state index contributed by atoms with van der Waals surface area (Å²) in [6.07, 6.45) is 6.47. The van der Waals surface area contributed by atoms with Gasteiger partial charge in [0.05, 0.1) is 5.52 Å². The second-order valence-electron chi connectivity index (χ2n) is 6.97. The van der Waals surface area contributed by atoms with E-state index < -0.39 is 5.60 Å². The van der Waals surface area contributed by atoms with Crippen LogP contribution < -0.4 is 10.2 Å². The van der Waals surface area contributed by atoms with Crippen LogP contribution in [-0.2, 0) is 4.74 Å². The third kappa shape index (κ3) is 3.90. The van der Waals surface area contributed by atoms with Gasteiger partial charge in [-0.25, -0.2) is 14.8 Å². The Morgan fingerprint density at radius 2 is 1.88 bits per heavy atom. The van der Waals surface area contributed by atoms with Gasteiger partial charge in [-0.1, -0.05) is 0 Å². The van der Waals surface area contributed by atoms with E-state index in [2.05, 4.69) is 25.2 Å². The van der Waals surface area contributed by atoms with Gasteiger partial charge in [0.1, 0.15) is 11.1 Å². The van der Waals surface area contributed by atoms with Crippen molar-refractivity contribution in [2.24, 2.45) is 0 Å². The fourth-order valence-corrected chi connectivity index (χ4v) is 2.82. The van der Waals surface area contributed by atoms with E-state index in [4.69, 9.17) is 4.74 Å². The molecule has 1 fully saturated rings. The molecule has 2 aromatic rings. The molecule has 3 rings (SSSR count). The van der Waals surface area contributed by atoms with Gasteiger partial charge in [-0.3, -0.25) is 4.98 Å². The average Bonchev–Trinajstić information content (AvgIpc) is 2.53. The van der Waals surface area contributed by atoms with Crippen LogP contribution in [0.4, 0.5) is 10.6 Å². The number of amides is 1. The summed E-state index contributed by atoms with van der Waals surface area (Å²) < 4.78 is 5.32. The molecule has 7 nitrogen and oxygen atoms in total. The highest BCUT2D eigenvalue weighted by Gasteiger charge is 2.25. The van der Waals surface area contributed by atoms with Crippen LogP contribution in [0.25, 0.3) is 11.0 Å². The smallest absolute Gasteiger partial charge is 0.407 e. The Bertz CT molecular complexity index is 715. The molecule has 0 atom stereocenters. The van der Waals surface area contributed by atoms with Crippen molar-refractivity contribution in [3.8, 4) is 0 Å². The lowest BCUT2D eigenvalue weighted by atomic mass is 10.1. The summed E-state index contributed by atoms with van der Waals surface area (Å²) in [7, 11) is 0. The first-order valence-corrected chi connectivity index (χ1v) is 8.22. The van der Waals surface area contributed by atoms with Gasteiger partial charge in [-0.15, -0.1) is 0 Å². The summed E-state index contributed by atoms with van der Waals surface area (Å²) in [6.45, 7) is 7.21. The topological polar surface area (TPSA) is 80.2 Å². The Morgan fingerprint density at radius 3 is 2.58 bits per heavy atom. The molecule has 1 aliphatic rings. The van der Waals surface area contributed by atoms with E-state index in [1.165, 1.54) is 0 Å². The Kier molecular flexibility index (Phi) is 4.51. The number of carbonyl (C=O) groups excluding carboxylic acids is 1. The number of anilines is 1.